The molecule has 5 aliphatic rings. The second kappa shape index (κ2) is 35.2. The van der Waals surface area contributed by atoms with E-state index in [1.54, 1.807) is 17.8 Å². The van der Waals surface area contributed by atoms with Crippen molar-refractivity contribution >= 4 is 23.5 Å². The van der Waals surface area contributed by atoms with Crippen LogP contribution in [0, 0.1) is 24.2 Å². The molecule has 6 heterocycles. The Morgan fingerprint density at radius 1 is 0.682 bits per heavy atom. The molecule has 3 amide bonds. The van der Waals surface area contributed by atoms with Gasteiger partial charge in [0.25, 0.3) is 5.88 Å². The van der Waals surface area contributed by atoms with Gasteiger partial charge in [-0.3, -0.25) is 24.1 Å². The molecule has 1 aromatic carbocycles. The Morgan fingerprint density at radius 3 is 1.93 bits per heavy atom. The summed E-state index contributed by atoms with van der Waals surface area (Å²) in [5.41, 5.74) is 1.44. The van der Waals surface area contributed by atoms with Crippen LogP contribution >= 0.6 is 0 Å². The van der Waals surface area contributed by atoms with Crippen molar-refractivity contribution in [2.75, 3.05) is 132 Å². The number of piperidine rings is 3. The Morgan fingerprint density at radius 2 is 1.29 bits per heavy atom. The normalized spacial score (nSPS) is 21.3. The van der Waals surface area contributed by atoms with Crippen molar-refractivity contribution in [1.82, 2.24) is 49.8 Å². The molecule has 22 nitrogen and oxygen atoms in total. The highest BCUT2D eigenvalue weighted by molar-refractivity contribution is 5.82. The van der Waals surface area contributed by atoms with Crippen molar-refractivity contribution < 1.29 is 57.1 Å². The summed E-state index contributed by atoms with van der Waals surface area (Å²) < 4.78 is 48.7. The number of benzene rings is 1. The molecule has 1 N–H and O–H groups in total. The standard InChI is InChI=1S/C63H100N10O12/c1-5-6-11-48(2)62(77)69-24-20-63(21-25-69)44-53(45-63)60-67-65-50(4)73(60)56-42-54-15-16-55(43-56)72(54)23-17-57(51-12-8-7-9-13-51)64-61(76)52-14-10-22-70(46-52)59(75)19-28-79-31-34-82-38-39-84-40-41-85-58-47-71(68-66-58)26-29-80-32-35-83-37-36-81-33-30-78-27-18-49(3)74/h7-9,12-13,47-48,52-57H,5-6,10-11,14-46H2,1-4H3,(H,64,76)/t48?,52?,54?,55?,56?,57-/m0/s1. The molecule has 4 aliphatic heterocycles. The number of hydrogen-bond donors (Lipinski definition) is 1. The topological polar surface area (TPSA) is 225 Å². The summed E-state index contributed by atoms with van der Waals surface area (Å²) in [5, 5.41) is 21.1. The Labute approximate surface area is 504 Å². The average molecular weight is 1190 g/mol. The summed E-state index contributed by atoms with van der Waals surface area (Å²) in [5.74, 6) is 3.38. The minimum Gasteiger partial charge on any atom is -0.473 e. The molecule has 1 spiro atoms. The highest BCUT2D eigenvalue weighted by Gasteiger charge is 2.50. The number of carbonyl (C=O) groups is 4. The Kier molecular flexibility index (Phi) is 27.3. The van der Waals surface area contributed by atoms with Crippen molar-refractivity contribution in [2.45, 2.75) is 167 Å². The van der Waals surface area contributed by atoms with E-state index in [-0.39, 0.29) is 48.5 Å². The summed E-state index contributed by atoms with van der Waals surface area (Å²) in [6.07, 6.45) is 17.0. The van der Waals surface area contributed by atoms with E-state index in [1.807, 2.05) is 23.1 Å². The molecule has 1 saturated carbocycles. The van der Waals surface area contributed by atoms with Crippen LogP contribution in [-0.4, -0.2) is 212 Å². The van der Waals surface area contributed by atoms with E-state index in [0.29, 0.717) is 160 Å². The molecule has 85 heavy (non-hydrogen) atoms. The third-order valence-corrected chi connectivity index (χ3v) is 18.1. The minimum atomic E-state index is -0.266. The SMILES string of the molecule is CCCCC(C)C(=O)N1CCC2(CC1)CC(c1nnc(C)n1C1CC3CCC(C1)N3CC[C@H](NC(=O)C1CCCN(C(=O)CCOCCOCCOCCOc3cn(CCOCCOCCOCCOCCC(C)=O)nn3)C1)c1ccccc1)C2. The van der Waals surface area contributed by atoms with Crippen LogP contribution in [0.2, 0.25) is 0 Å². The third-order valence-electron chi connectivity index (χ3n) is 18.1. The highest BCUT2D eigenvalue weighted by atomic mass is 16.6. The summed E-state index contributed by atoms with van der Waals surface area (Å²) in [4.78, 5) is 58.3. The van der Waals surface area contributed by atoms with Gasteiger partial charge in [0.15, 0.2) is 0 Å². The molecule has 2 bridgehead atoms. The summed E-state index contributed by atoms with van der Waals surface area (Å²) in [6, 6.07) is 11.6. The van der Waals surface area contributed by atoms with Crippen LogP contribution < -0.4 is 10.1 Å². The molecule has 0 radical (unpaired) electrons. The first-order valence-electron chi connectivity index (χ1n) is 32.1. The van der Waals surface area contributed by atoms with Crippen LogP contribution in [0.25, 0.3) is 0 Å². The van der Waals surface area contributed by atoms with E-state index in [0.717, 1.165) is 108 Å². The van der Waals surface area contributed by atoms with E-state index in [1.165, 1.54) is 18.7 Å². The van der Waals surface area contributed by atoms with Crippen molar-refractivity contribution in [3.8, 4) is 5.88 Å². The number of ketones is 1. The van der Waals surface area contributed by atoms with Crippen molar-refractivity contribution in [3.05, 3.63) is 53.7 Å². The monoisotopic (exact) mass is 1190 g/mol. The first-order valence-corrected chi connectivity index (χ1v) is 32.1. The highest BCUT2D eigenvalue weighted by Crippen LogP contribution is 2.57. The maximum atomic E-state index is 14.1. The lowest BCUT2D eigenvalue weighted by Gasteiger charge is -2.52. The fraction of sp³-hybridized carbons (Fsp3) is 0.778. The number of rotatable bonds is 40. The first-order chi connectivity index (χ1) is 41.5. The van der Waals surface area contributed by atoms with E-state index in [2.05, 4.69) is 68.0 Å². The maximum Gasteiger partial charge on any atom is 0.253 e. The predicted molar refractivity (Wildman–Crippen MR) is 318 cm³/mol. The molecule has 4 saturated heterocycles. The molecule has 22 heteroatoms. The first kappa shape index (κ1) is 66.0. The van der Waals surface area contributed by atoms with Gasteiger partial charge < -0.3 is 57.6 Å². The molecule has 5 fully saturated rings. The minimum absolute atomic E-state index is 0.00514. The Balaban J connectivity index is 0.652. The average Bonchev–Trinajstić information content (AvgIpc) is 2.27. The smallest absolute Gasteiger partial charge is 0.253 e. The number of amides is 3. The number of aromatic nitrogens is 6. The van der Waals surface area contributed by atoms with E-state index >= 15 is 0 Å². The predicted octanol–water partition coefficient (Wildman–Crippen LogP) is 6.71. The quantitative estimate of drug-likeness (QED) is 0.0584. The molecule has 5 atom stereocenters. The molecule has 3 aromatic rings. The van der Waals surface area contributed by atoms with Gasteiger partial charge in [0, 0.05) is 69.1 Å². The van der Waals surface area contributed by atoms with Gasteiger partial charge in [-0.25, -0.2) is 4.68 Å². The number of carbonyl (C=O) groups excluding carboxylic acids is 4. The van der Waals surface area contributed by atoms with Crippen molar-refractivity contribution in [2.24, 2.45) is 17.3 Å². The lowest BCUT2D eigenvalue weighted by molar-refractivity contribution is -0.139. The number of Topliss-reactive ketones (excluding diaryl/α,β-unsaturated/α-hetero) is 1. The molecule has 2 aromatic heterocycles. The van der Waals surface area contributed by atoms with Crippen LogP contribution in [0.15, 0.2) is 36.5 Å². The number of likely N-dealkylation sites (tertiary alicyclic amines) is 2. The zero-order valence-electron chi connectivity index (χ0n) is 51.6. The van der Waals surface area contributed by atoms with E-state index in [4.69, 9.17) is 43.0 Å². The van der Waals surface area contributed by atoms with Gasteiger partial charge in [-0.2, -0.15) is 0 Å². The van der Waals surface area contributed by atoms with Gasteiger partial charge in [0.05, 0.1) is 124 Å². The Hall–Kier alpha value is -4.94. The van der Waals surface area contributed by atoms with Gasteiger partial charge in [-0.05, 0) is 102 Å². The third kappa shape index (κ3) is 20.6. The zero-order valence-corrected chi connectivity index (χ0v) is 51.6. The van der Waals surface area contributed by atoms with Crippen molar-refractivity contribution in [1.29, 1.82) is 0 Å². The summed E-state index contributed by atoms with van der Waals surface area (Å²) >= 11 is 0. The van der Waals surface area contributed by atoms with Crippen molar-refractivity contribution in [3.63, 3.8) is 0 Å². The fourth-order valence-electron chi connectivity index (χ4n) is 13.3. The van der Waals surface area contributed by atoms with Crippen LogP contribution in [-0.2, 0) is 58.9 Å². The largest absolute Gasteiger partial charge is 0.473 e. The lowest BCUT2D eigenvalue weighted by atomic mass is 9.57. The van der Waals surface area contributed by atoms with Gasteiger partial charge in [-0.1, -0.05) is 67.3 Å². The van der Waals surface area contributed by atoms with Gasteiger partial charge in [0.1, 0.15) is 24.0 Å². The number of ether oxygens (including phenoxy) is 8. The van der Waals surface area contributed by atoms with Crippen LogP contribution in [0.3, 0.4) is 0 Å². The van der Waals surface area contributed by atoms with E-state index in [9.17, 15) is 19.2 Å². The molecular weight excluding hydrogens is 1090 g/mol. The summed E-state index contributed by atoms with van der Waals surface area (Å²) in [7, 11) is 0. The number of fused-ring (bicyclic) bond motifs is 2. The number of aryl methyl sites for hydroxylation is 1. The second-order valence-electron chi connectivity index (χ2n) is 24.3. The number of hydrogen-bond acceptors (Lipinski definition) is 17. The molecule has 1 aliphatic carbocycles. The summed E-state index contributed by atoms with van der Waals surface area (Å²) in [6.45, 7) is 18.4. The van der Waals surface area contributed by atoms with Crippen LogP contribution in [0.5, 0.6) is 5.88 Å². The lowest BCUT2D eigenvalue weighted by Crippen LogP contribution is -2.50. The van der Waals surface area contributed by atoms with Gasteiger partial charge in [0.2, 0.25) is 17.7 Å². The molecule has 8 rings (SSSR count). The Bertz CT molecular complexity index is 2430. The number of nitrogens with zero attached hydrogens (tertiary/aromatic N) is 9. The van der Waals surface area contributed by atoms with Gasteiger partial charge in [-0.15, -0.1) is 10.2 Å². The van der Waals surface area contributed by atoms with Gasteiger partial charge >= 0.3 is 0 Å². The number of unbranched alkanes of at least 4 members (excludes halogenated alkanes) is 1. The fourth-order valence-corrected chi connectivity index (χ4v) is 13.3. The molecular formula is C63H100N10O12. The maximum absolute atomic E-state index is 14.1. The second-order valence-corrected chi connectivity index (χ2v) is 24.3. The van der Waals surface area contributed by atoms with E-state index < -0.39 is 0 Å². The zero-order chi connectivity index (χ0) is 59.6. The molecule has 4 unspecified atom stereocenters. The number of nitrogens with one attached hydrogen (secondary N) is 1. The van der Waals surface area contributed by atoms with Crippen LogP contribution in [0.4, 0.5) is 0 Å². The van der Waals surface area contributed by atoms with Crippen LogP contribution in [0.1, 0.15) is 159 Å². The molecule has 474 valence electrons.